The van der Waals surface area contributed by atoms with Crippen molar-refractivity contribution >= 4 is 11.6 Å². The zero-order valence-corrected chi connectivity index (χ0v) is 14.0. The third-order valence-corrected chi connectivity index (χ3v) is 4.37. The lowest BCUT2D eigenvalue weighted by Gasteiger charge is -2.18. The Morgan fingerprint density at radius 1 is 1.44 bits per heavy atom. The van der Waals surface area contributed by atoms with Crippen LogP contribution in [0.4, 0.5) is 5.69 Å². The molecular formula is C16H21N5O4. The van der Waals surface area contributed by atoms with Gasteiger partial charge in [0, 0.05) is 51.7 Å². The van der Waals surface area contributed by atoms with Crippen LogP contribution >= 0.6 is 0 Å². The molecule has 2 aromatic heterocycles. The van der Waals surface area contributed by atoms with E-state index in [1.54, 1.807) is 19.3 Å². The van der Waals surface area contributed by atoms with Crippen LogP contribution in [0.2, 0.25) is 0 Å². The minimum absolute atomic E-state index is 0.0717. The summed E-state index contributed by atoms with van der Waals surface area (Å²) in [4.78, 5) is 36.6. The first-order chi connectivity index (χ1) is 12.0. The standard InChI is InChI=1S/C16H21N5O4/c1-20-16(24)6-12(9-18-20)21-5-4-11(10-21)8-17-14(22)3-2-13-7-15(23)19-25-13/h6-7,9,11H,2-5,8,10H2,1H3,(H,17,22)(H,19,23)/t11-/m0/s1. The molecule has 0 saturated carbocycles. The highest BCUT2D eigenvalue weighted by atomic mass is 16.5. The maximum Gasteiger partial charge on any atom is 0.280 e. The third kappa shape index (κ3) is 4.37. The largest absolute Gasteiger partial charge is 0.384 e. The van der Waals surface area contributed by atoms with Crippen LogP contribution in [-0.2, 0) is 18.3 Å². The smallest absolute Gasteiger partial charge is 0.280 e. The summed E-state index contributed by atoms with van der Waals surface area (Å²) in [6, 6.07) is 2.93. The summed E-state index contributed by atoms with van der Waals surface area (Å²) in [5.74, 6) is 0.737. The van der Waals surface area contributed by atoms with Crippen molar-refractivity contribution < 1.29 is 9.32 Å². The Labute approximate surface area is 143 Å². The maximum atomic E-state index is 11.9. The molecule has 3 rings (SSSR count). The fraction of sp³-hybridized carbons (Fsp3) is 0.500. The number of aromatic amines is 1. The Balaban J connectivity index is 1.43. The van der Waals surface area contributed by atoms with E-state index in [1.165, 1.54) is 10.7 Å². The predicted octanol–water partition coefficient (Wildman–Crippen LogP) is -0.363. The van der Waals surface area contributed by atoms with E-state index in [1.807, 2.05) is 0 Å². The monoisotopic (exact) mass is 347 g/mol. The fourth-order valence-electron chi connectivity index (χ4n) is 2.89. The second kappa shape index (κ2) is 7.37. The zero-order chi connectivity index (χ0) is 17.8. The first-order valence-corrected chi connectivity index (χ1v) is 8.23. The number of rotatable bonds is 6. The third-order valence-electron chi connectivity index (χ3n) is 4.37. The Hall–Kier alpha value is -2.84. The summed E-state index contributed by atoms with van der Waals surface area (Å²) >= 11 is 0. The number of anilines is 1. The van der Waals surface area contributed by atoms with Gasteiger partial charge in [0.1, 0.15) is 5.76 Å². The molecule has 0 unspecified atom stereocenters. The van der Waals surface area contributed by atoms with Crippen LogP contribution in [-0.4, -0.2) is 40.5 Å². The average Bonchev–Trinajstić information content (AvgIpc) is 3.22. The van der Waals surface area contributed by atoms with Gasteiger partial charge in [0.25, 0.3) is 11.1 Å². The topological polar surface area (TPSA) is 113 Å². The molecular weight excluding hydrogens is 326 g/mol. The van der Waals surface area contributed by atoms with Crippen molar-refractivity contribution in [3.05, 3.63) is 44.8 Å². The van der Waals surface area contributed by atoms with E-state index in [0.717, 1.165) is 25.2 Å². The van der Waals surface area contributed by atoms with E-state index < -0.39 is 0 Å². The molecule has 0 radical (unpaired) electrons. The van der Waals surface area contributed by atoms with Gasteiger partial charge in [-0.2, -0.15) is 10.3 Å². The molecule has 1 saturated heterocycles. The van der Waals surface area contributed by atoms with Crippen molar-refractivity contribution in [3.8, 4) is 0 Å². The number of aromatic nitrogens is 3. The molecule has 0 aromatic carbocycles. The molecule has 9 heteroatoms. The summed E-state index contributed by atoms with van der Waals surface area (Å²) < 4.78 is 6.21. The molecule has 134 valence electrons. The Morgan fingerprint density at radius 2 is 2.28 bits per heavy atom. The molecule has 3 heterocycles. The molecule has 25 heavy (non-hydrogen) atoms. The Bertz CT molecular complexity index is 852. The van der Waals surface area contributed by atoms with Crippen LogP contribution in [0.25, 0.3) is 0 Å². The van der Waals surface area contributed by atoms with E-state index >= 15 is 0 Å². The first kappa shape index (κ1) is 17.0. The number of H-pyrrole nitrogens is 1. The highest BCUT2D eigenvalue weighted by Crippen LogP contribution is 2.21. The van der Waals surface area contributed by atoms with E-state index in [0.29, 0.717) is 24.6 Å². The van der Waals surface area contributed by atoms with Crippen molar-refractivity contribution in [2.24, 2.45) is 13.0 Å². The van der Waals surface area contributed by atoms with Crippen LogP contribution in [0.3, 0.4) is 0 Å². The van der Waals surface area contributed by atoms with Crippen molar-refractivity contribution in [1.29, 1.82) is 0 Å². The summed E-state index contributed by atoms with van der Waals surface area (Å²) in [5, 5.41) is 9.15. The zero-order valence-electron chi connectivity index (χ0n) is 14.0. The van der Waals surface area contributed by atoms with Gasteiger partial charge in [-0.15, -0.1) is 0 Å². The van der Waals surface area contributed by atoms with Gasteiger partial charge in [0.05, 0.1) is 11.9 Å². The van der Waals surface area contributed by atoms with Gasteiger partial charge in [-0.25, -0.2) is 4.68 Å². The lowest BCUT2D eigenvalue weighted by atomic mass is 10.1. The van der Waals surface area contributed by atoms with E-state index in [-0.39, 0.29) is 23.4 Å². The van der Waals surface area contributed by atoms with Gasteiger partial charge in [-0.05, 0) is 12.3 Å². The molecule has 0 aliphatic carbocycles. The van der Waals surface area contributed by atoms with Crippen molar-refractivity contribution in [2.75, 3.05) is 24.5 Å². The van der Waals surface area contributed by atoms with Crippen LogP contribution in [0, 0.1) is 5.92 Å². The minimum Gasteiger partial charge on any atom is -0.384 e. The number of hydrogen-bond acceptors (Lipinski definition) is 6. The molecule has 1 aliphatic rings. The molecule has 1 fully saturated rings. The number of carbonyl (C=O) groups is 1. The first-order valence-electron chi connectivity index (χ1n) is 8.23. The highest BCUT2D eigenvalue weighted by molar-refractivity contribution is 5.76. The van der Waals surface area contributed by atoms with Crippen LogP contribution < -0.4 is 21.3 Å². The Kier molecular flexibility index (Phi) is 5.01. The van der Waals surface area contributed by atoms with Gasteiger partial charge in [0.2, 0.25) is 5.91 Å². The summed E-state index contributed by atoms with van der Waals surface area (Å²) in [7, 11) is 1.62. The van der Waals surface area contributed by atoms with Gasteiger partial charge >= 0.3 is 0 Å². The second-order valence-corrected chi connectivity index (χ2v) is 6.26. The number of aryl methyl sites for hydroxylation is 2. The maximum absolute atomic E-state index is 11.9. The molecule has 9 nitrogen and oxygen atoms in total. The SMILES string of the molecule is Cn1ncc(N2CC[C@@H](CNC(=O)CCc3cc(=O)[nH]o3)C2)cc1=O. The van der Waals surface area contributed by atoms with Crippen LogP contribution in [0.1, 0.15) is 18.6 Å². The molecule has 2 N–H and O–H groups in total. The molecule has 1 aliphatic heterocycles. The van der Waals surface area contributed by atoms with Gasteiger partial charge in [-0.3, -0.25) is 14.4 Å². The quantitative estimate of drug-likeness (QED) is 0.738. The Morgan fingerprint density at radius 3 is 3.00 bits per heavy atom. The number of amides is 1. The lowest BCUT2D eigenvalue weighted by molar-refractivity contribution is -0.121. The lowest BCUT2D eigenvalue weighted by Crippen LogP contribution is -2.31. The highest BCUT2D eigenvalue weighted by Gasteiger charge is 2.23. The molecule has 0 bridgehead atoms. The predicted molar refractivity (Wildman–Crippen MR) is 90.5 cm³/mol. The van der Waals surface area contributed by atoms with Gasteiger partial charge in [0.15, 0.2) is 0 Å². The van der Waals surface area contributed by atoms with Crippen molar-refractivity contribution in [1.82, 2.24) is 20.3 Å². The van der Waals surface area contributed by atoms with Crippen molar-refractivity contribution in [3.63, 3.8) is 0 Å². The van der Waals surface area contributed by atoms with E-state index in [9.17, 15) is 14.4 Å². The van der Waals surface area contributed by atoms with Gasteiger partial charge < -0.3 is 14.7 Å². The fourth-order valence-corrected chi connectivity index (χ4v) is 2.89. The number of nitrogens with zero attached hydrogens (tertiary/aromatic N) is 3. The van der Waals surface area contributed by atoms with Gasteiger partial charge in [-0.1, -0.05) is 0 Å². The minimum atomic E-state index is -0.299. The normalized spacial score (nSPS) is 17.0. The average molecular weight is 347 g/mol. The van der Waals surface area contributed by atoms with Crippen LogP contribution in [0.15, 0.2) is 32.4 Å². The van der Waals surface area contributed by atoms with E-state index in [2.05, 4.69) is 20.5 Å². The molecule has 0 spiro atoms. The summed E-state index contributed by atoms with van der Waals surface area (Å²) in [5.41, 5.74) is 0.386. The summed E-state index contributed by atoms with van der Waals surface area (Å²) in [6.45, 7) is 2.20. The number of carbonyl (C=O) groups excluding carboxylic acids is 1. The van der Waals surface area contributed by atoms with E-state index in [4.69, 9.17) is 4.52 Å². The van der Waals surface area contributed by atoms with Crippen molar-refractivity contribution in [2.45, 2.75) is 19.3 Å². The number of hydrogen-bond donors (Lipinski definition) is 2. The summed E-state index contributed by atoms with van der Waals surface area (Å²) in [6.07, 6.45) is 3.30. The number of nitrogens with one attached hydrogen (secondary N) is 2. The molecule has 1 atom stereocenters. The van der Waals surface area contributed by atoms with Crippen LogP contribution in [0.5, 0.6) is 0 Å². The molecule has 2 aromatic rings. The second-order valence-electron chi connectivity index (χ2n) is 6.26. The molecule has 1 amide bonds.